The Morgan fingerprint density at radius 2 is 2.44 bits per heavy atom. The molecular weight excluding hydrogens is 401 g/mol. The number of thiophene rings is 1. The summed E-state index contributed by atoms with van der Waals surface area (Å²) in [5, 5.41) is 6.05. The van der Waals surface area contributed by atoms with E-state index in [1.165, 1.54) is 12.8 Å². The highest BCUT2D eigenvalue weighted by molar-refractivity contribution is 14.1. The van der Waals surface area contributed by atoms with E-state index in [1.807, 2.05) is 11.4 Å². The Hall–Kier alpha value is 0.380. The third-order valence-corrected chi connectivity index (χ3v) is 5.62. The first kappa shape index (κ1) is 12.8. The smallest absolute Gasteiger partial charge is 0.252 e. The Bertz CT molecular complexity index is 382. The van der Waals surface area contributed by atoms with Crippen molar-refractivity contribution >= 4 is 55.8 Å². The Morgan fingerprint density at radius 3 is 3.06 bits per heavy atom. The number of alkyl halides is 1. The van der Waals surface area contributed by atoms with Crippen molar-refractivity contribution in [3.05, 3.63) is 19.9 Å². The van der Waals surface area contributed by atoms with Gasteiger partial charge in [-0.25, -0.2) is 0 Å². The number of halogens is 2. The topological polar surface area (TPSA) is 29.1 Å². The van der Waals surface area contributed by atoms with Crippen LogP contribution in [0.25, 0.3) is 0 Å². The van der Waals surface area contributed by atoms with Gasteiger partial charge in [-0.2, -0.15) is 0 Å². The standard InChI is InChI=1S/C11H13BrINOS/c12-5-7-2-1-3-9(7)14-11(15)8-4-10(13)16-6-8/h4,6-7,9H,1-3,5H2,(H,14,15). The molecule has 1 heterocycles. The molecule has 1 N–H and O–H groups in total. The summed E-state index contributed by atoms with van der Waals surface area (Å²) >= 11 is 7.37. The summed E-state index contributed by atoms with van der Waals surface area (Å²) in [5.41, 5.74) is 0.801. The summed E-state index contributed by atoms with van der Waals surface area (Å²) in [4.78, 5) is 12.0. The van der Waals surface area contributed by atoms with Crippen LogP contribution >= 0.6 is 49.9 Å². The van der Waals surface area contributed by atoms with Gasteiger partial charge in [-0.05, 0) is 47.4 Å². The summed E-state index contributed by atoms with van der Waals surface area (Å²) in [7, 11) is 0. The third-order valence-electron chi connectivity index (χ3n) is 3.00. The van der Waals surface area contributed by atoms with Gasteiger partial charge >= 0.3 is 0 Å². The normalized spacial score (nSPS) is 24.6. The minimum Gasteiger partial charge on any atom is -0.349 e. The van der Waals surface area contributed by atoms with Crippen molar-refractivity contribution in [1.82, 2.24) is 5.32 Å². The van der Waals surface area contributed by atoms with Crippen LogP contribution in [-0.2, 0) is 0 Å². The molecule has 1 aromatic heterocycles. The Balaban J connectivity index is 1.97. The predicted octanol–water partition coefficient (Wildman–Crippen LogP) is 3.65. The van der Waals surface area contributed by atoms with Crippen molar-refractivity contribution in [1.29, 1.82) is 0 Å². The molecule has 0 radical (unpaired) electrons. The van der Waals surface area contributed by atoms with Crippen molar-refractivity contribution in [2.75, 3.05) is 5.33 Å². The van der Waals surface area contributed by atoms with Gasteiger partial charge in [0, 0.05) is 16.8 Å². The zero-order valence-electron chi connectivity index (χ0n) is 8.71. The summed E-state index contributed by atoms with van der Waals surface area (Å²) in [6.07, 6.45) is 3.56. The molecular formula is C11H13BrINOS. The molecule has 1 aliphatic rings. The van der Waals surface area contributed by atoms with Crippen LogP contribution < -0.4 is 5.32 Å². The molecule has 5 heteroatoms. The lowest BCUT2D eigenvalue weighted by Gasteiger charge is -2.18. The Morgan fingerprint density at radius 1 is 1.62 bits per heavy atom. The molecule has 1 saturated carbocycles. The molecule has 16 heavy (non-hydrogen) atoms. The molecule has 0 bridgehead atoms. The van der Waals surface area contributed by atoms with Crippen LogP contribution in [0.15, 0.2) is 11.4 Å². The van der Waals surface area contributed by atoms with Gasteiger partial charge in [-0.1, -0.05) is 22.4 Å². The van der Waals surface area contributed by atoms with E-state index >= 15 is 0 Å². The molecule has 2 rings (SSSR count). The van der Waals surface area contributed by atoms with Gasteiger partial charge in [-0.15, -0.1) is 11.3 Å². The van der Waals surface area contributed by atoms with E-state index in [-0.39, 0.29) is 5.91 Å². The fourth-order valence-corrected chi connectivity index (χ4v) is 4.19. The van der Waals surface area contributed by atoms with Crippen LogP contribution in [0, 0.1) is 8.80 Å². The second-order valence-corrected chi connectivity index (χ2v) is 7.52. The third kappa shape index (κ3) is 2.98. The number of amides is 1. The largest absolute Gasteiger partial charge is 0.349 e. The zero-order chi connectivity index (χ0) is 11.5. The van der Waals surface area contributed by atoms with Crippen molar-refractivity contribution in [2.24, 2.45) is 5.92 Å². The van der Waals surface area contributed by atoms with Gasteiger partial charge in [0.25, 0.3) is 5.91 Å². The van der Waals surface area contributed by atoms with E-state index in [0.717, 1.165) is 20.2 Å². The number of hydrogen-bond donors (Lipinski definition) is 1. The molecule has 0 aromatic carbocycles. The molecule has 0 saturated heterocycles. The second kappa shape index (κ2) is 5.82. The van der Waals surface area contributed by atoms with Gasteiger partial charge < -0.3 is 5.32 Å². The van der Waals surface area contributed by atoms with Crippen LogP contribution in [0.2, 0.25) is 0 Å². The highest BCUT2D eigenvalue weighted by Gasteiger charge is 2.27. The van der Waals surface area contributed by atoms with Gasteiger partial charge in [0.1, 0.15) is 0 Å². The molecule has 1 amide bonds. The lowest BCUT2D eigenvalue weighted by molar-refractivity contribution is 0.0930. The maximum absolute atomic E-state index is 12.0. The first-order valence-corrected chi connectivity index (χ1v) is 8.39. The minimum atomic E-state index is 0.0806. The molecule has 0 spiro atoms. The number of hydrogen-bond acceptors (Lipinski definition) is 2. The van der Waals surface area contributed by atoms with E-state index in [0.29, 0.717) is 12.0 Å². The summed E-state index contributed by atoms with van der Waals surface area (Å²) in [6.45, 7) is 0. The number of nitrogens with one attached hydrogen (secondary N) is 1. The maximum atomic E-state index is 12.0. The van der Waals surface area contributed by atoms with Crippen LogP contribution in [-0.4, -0.2) is 17.3 Å². The molecule has 1 aromatic rings. The molecule has 1 aliphatic carbocycles. The lowest BCUT2D eigenvalue weighted by Crippen LogP contribution is -2.37. The summed E-state index contributed by atoms with van der Waals surface area (Å²) in [6, 6.07) is 2.29. The fraction of sp³-hybridized carbons (Fsp3) is 0.545. The zero-order valence-corrected chi connectivity index (χ0v) is 13.3. The average molecular weight is 414 g/mol. The molecule has 2 nitrogen and oxygen atoms in total. The molecule has 2 unspecified atom stereocenters. The Labute approximate surface area is 121 Å². The fourth-order valence-electron chi connectivity index (χ4n) is 2.09. The second-order valence-electron chi connectivity index (χ2n) is 4.06. The van der Waals surface area contributed by atoms with Crippen LogP contribution in [0.4, 0.5) is 0 Å². The predicted molar refractivity (Wildman–Crippen MR) is 79.4 cm³/mol. The number of carbonyl (C=O) groups is 1. The van der Waals surface area contributed by atoms with E-state index in [1.54, 1.807) is 11.3 Å². The number of carbonyl (C=O) groups excluding carboxylic acids is 1. The molecule has 88 valence electrons. The number of rotatable bonds is 3. The van der Waals surface area contributed by atoms with Gasteiger partial charge in [0.2, 0.25) is 0 Å². The van der Waals surface area contributed by atoms with Gasteiger partial charge in [0.15, 0.2) is 0 Å². The molecule has 0 aliphatic heterocycles. The summed E-state index contributed by atoms with van der Waals surface area (Å²) in [5.74, 6) is 0.679. The van der Waals surface area contributed by atoms with Crippen molar-refractivity contribution in [2.45, 2.75) is 25.3 Å². The van der Waals surface area contributed by atoms with Crippen molar-refractivity contribution in [3.63, 3.8) is 0 Å². The van der Waals surface area contributed by atoms with Crippen molar-refractivity contribution in [3.8, 4) is 0 Å². The van der Waals surface area contributed by atoms with E-state index < -0.39 is 0 Å². The first-order chi connectivity index (χ1) is 7.70. The van der Waals surface area contributed by atoms with Crippen LogP contribution in [0.5, 0.6) is 0 Å². The maximum Gasteiger partial charge on any atom is 0.252 e. The minimum absolute atomic E-state index is 0.0806. The monoisotopic (exact) mass is 413 g/mol. The van der Waals surface area contributed by atoms with Gasteiger partial charge in [-0.3, -0.25) is 4.79 Å². The van der Waals surface area contributed by atoms with Crippen LogP contribution in [0.3, 0.4) is 0 Å². The molecule has 1 fully saturated rings. The highest BCUT2D eigenvalue weighted by Crippen LogP contribution is 2.27. The van der Waals surface area contributed by atoms with Crippen LogP contribution in [0.1, 0.15) is 29.6 Å². The highest BCUT2D eigenvalue weighted by atomic mass is 127. The quantitative estimate of drug-likeness (QED) is 0.594. The lowest BCUT2D eigenvalue weighted by atomic mass is 10.1. The summed E-state index contributed by atoms with van der Waals surface area (Å²) < 4.78 is 1.16. The Kier molecular flexibility index (Phi) is 4.66. The average Bonchev–Trinajstić information content (AvgIpc) is 2.86. The van der Waals surface area contributed by atoms with E-state index in [2.05, 4.69) is 43.8 Å². The first-order valence-electron chi connectivity index (χ1n) is 5.31. The van der Waals surface area contributed by atoms with Gasteiger partial charge in [0.05, 0.1) is 8.45 Å². The van der Waals surface area contributed by atoms with E-state index in [4.69, 9.17) is 0 Å². The molecule has 2 atom stereocenters. The van der Waals surface area contributed by atoms with E-state index in [9.17, 15) is 4.79 Å². The van der Waals surface area contributed by atoms with Crippen molar-refractivity contribution < 1.29 is 4.79 Å². The SMILES string of the molecule is O=C(NC1CCCC1CBr)c1csc(I)c1.